The molecule has 0 saturated carbocycles. The number of carbonyl (C=O) groups is 1. The van der Waals surface area contributed by atoms with Gasteiger partial charge in [0.05, 0.1) is 16.9 Å². The predicted molar refractivity (Wildman–Crippen MR) is 82.9 cm³/mol. The topological polar surface area (TPSA) is 54.9 Å². The number of aryl methyl sites for hydroxylation is 1. The van der Waals surface area contributed by atoms with Gasteiger partial charge in [0.1, 0.15) is 11.6 Å². The summed E-state index contributed by atoms with van der Waals surface area (Å²) in [5.74, 6) is -0.0669. The van der Waals surface area contributed by atoms with Crippen LogP contribution in [-0.4, -0.2) is 15.9 Å². The van der Waals surface area contributed by atoms with Gasteiger partial charge in [0.15, 0.2) is 0 Å². The van der Waals surface area contributed by atoms with Gasteiger partial charge in [-0.2, -0.15) is 0 Å². The van der Waals surface area contributed by atoms with Crippen molar-refractivity contribution in [2.24, 2.45) is 0 Å². The molecular formula is C15H15BrFN3O. The lowest BCUT2D eigenvalue weighted by molar-refractivity contribution is 0.102. The second kappa shape index (κ2) is 6.30. The van der Waals surface area contributed by atoms with Gasteiger partial charge in [-0.25, -0.2) is 14.4 Å². The lowest BCUT2D eigenvalue weighted by Gasteiger charge is -2.10. The number of nitrogens with one attached hydrogen (secondary N) is 1. The van der Waals surface area contributed by atoms with E-state index in [9.17, 15) is 9.18 Å². The van der Waals surface area contributed by atoms with Gasteiger partial charge in [-0.15, -0.1) is 0 Å². The SMILES string of the molecule is Cc1nc(C(C)C)ncc1C(=O)Nc1ccc(Br)cc1F. The molecule has 1 amide bonds. The van der Waals surface area contributed by atoms with Crippen LogP contribution >= 0.6 is 15.9 Å². The van der Waals surface area contributed by atoms with E-state index in [0.717, 1.165) is 0 Å². The van der Waals surface area contributed by atoms with Crippen molar-refractivity contribution in [2.75, 3.05) is 5.32 Å². The first-order chi connectivity index (χ1) is 9.88. The van der Waals surface area contributed by atoms with Crippen molar-refractivity contribution in [2.45, 2.75) is 26.7 Å². The molecule has 0 aliphatic carbocycles. The van der Waals surface area contributed by atoms with Crippen LogP contribution in [0, 0.1) is 12.7 Å². The van der Waals surface area contributed by atoms with Crippen molar-refractivity contribution < 1.29 is 9.18 Å². The fraction of sp³-hybridized carbons (Fsp3) is 0.267. The van der Waals surface area contributed by atoms with Gasteiger partial charge in [0.25, 0.3) is 5.91 Å². The van der Waals surface area contributed by atoms with Crippen LogP contribution in [0.4, 0.5) is 10.1 Å². The average molecular weight is 352 g/mol. The van der Waals surface area contributed by atoms with Crippen LogP contribution in [0.25, 0.3) is 0 Å². The molecule has 0 saturated heterocycles. The Morgan fingerprint density at radius 2 is 2.10 bits per heavy atom. The molecule has 1 aromatic heterocycles. The Bertz CT molecular complexity index is 689. The summed E-state index contributed by atoms with van der Waals surface area (Å²) in [6.45, 7) is 5.69. The molecule has 1 N–H and O–H groups in total. The molecule has 0 fully saturated rings. The fourth-order valence-corrected chi connectivity index (χ4v) is 2.10. The van der Waals surface area contributed by atoms with Crippen molar-refractivity contribution >= 4 is 27.5 Å². The molecule has 1 aromatic carbocycles. The Morgan fingerprint density at radius 3 is 2.67 bits per heavy atom. The fourth-order valence-electron chi connectivity index (χ4n) is 1.77. The molecule has 21 heavy (non-hydrogen) atoms. The number of hydrogen-bond donors (Lipinski definition) is 1. The molecule has 0 aliphatic heterocycles. The summed E-state index contributed by atoms with van der Waals surface area (Å²) < 4.78 is 14.3. The normalized spacial score (nSPS) is 10.8. The lowest BCUT2D eigenvalue weighted by atomic mass is 10.1. The highest BCUT2D eigenvalue weighted by molar-refractivity contribution is 9.10. The highest BCUT2D eigenvalue weighted by Gasteiger charge is 2.15. The molecule has 1 heterocycles. The third-order valence-corrected chi connectivity index (χ3v) is 3.43. The van der Waals surface area contributed by atoms with Crippen molar-refractivity contribution in [3.05, 3.63) is 51.8 Å². The summed E-state index contributed by atoms with van der Waals surface area (Å²) >= 11 is 3.17. The third-order valence-electron chi connectivity index (χ3n) is 2.94. The number of hydrogen-bond acceptors (Lipinski definition) is 3. The number of rotatable bonds is 3. The van der Waals surface area contributed by atoms with Crippen LogP contribution in [0.1, 0.15) is 41.6 Å². The zero-order valence-electron chi connectivity index (χ0n) is 11.9. The van der Waals surface area contributed by atoms with E-state index in [4.69, 9.17) is 0 Å². The first-order valence-electron chi connectivity index (χ1n) is 6.48. The first kappa shape index (κ1) is 15.6. The summed E-state index contributed by atoms with van der Waals surface area (Å²) in [5, 5.41) is 2.53. The van der Waals surface area contributed by atoms with Crippen molar-refractivity contribution in [3.63, 3.8) is 0 Å². The molecular weight excluding hydrogens is 337 g/mol. The number of aromatic nitrogens is 2. The quantitative estimate of drug-likeness (QED) is 0.906. The number of benzene rings is 1. The number of amides is 1. The second-order valence-corrected chi connectivity index (χ2v) is 5.88. The Labute approximate surface area is 130 Å². The van der Waals surface area contributed by atoms with Gasteiger partial charge in [-0.1, -0.05) is 29.8 Å². The van der Waals surface area contributed by atoms with Crippen LogP contribution in [0.2, 0.25) is 0 Å². The standard InChI is InChI=1S/C15H15BrFN3O/c1-8(2)14-18-7-11(9(3)19-14)15(21)20-13-5-4-10(16)6-12(13)17/h4-8H,1-3H3,(H,20,21). The molecule has 0 unspecified atom stereocenters. The minimum absolute atomic E-state index is 0.121. The maximum absolute atomic E-state index is 13.7. The molecule has 110 valence electrons. The van der Waals surface area contributed by atoms with Crippen LogP contribution in [-0.2, 0) is 0 Å². The van der Waals surface area contributed by atoms with Gasteiger partial charge in [-0.3, -0.25) is 4.79 Å². The summed E-state index contributed by atoms with van der Waals surface area (Å²) in [6, 6.07) is 4.45. The largest absolute Gasteiger partial charge is 0.319 e. The van der Waals surface area contributed by atoms with Crippen molar-refractivity contribution in [1.29, 1.82) is 0 Å². The van der Waals surface area contributed by atoms with E-state index in [1.165, 1.54) is 18.3 Å². The van der Waals surface area contributed by atoms with E-state index < -0.39 is 11.7 Å². The Hall–Kier alpha value is -1.82. The summed E-state index contributed by atoms with van der Waals surface area (Å²) in [5.41, 5.74) is 1.03. The van der Waals surface area contributed by atoms with E-state index in [0.29, 0.717) is 21.6 Å². The van der Waals surface area contributed by atoms with Crippen molar-refractivity contribution in [3.8, 4) is 0 Å². The predicted octanol–water partition coefficient (Wildman–Crippen LogP) is 4.06. The van der Waals surface area contributed by atoms with Gasteiger partial charge in [-0.05, 0) is 25.1 Å². The summed E-state index contributed by atoms with van der Waals surface area (Å²) in [7, 11) is 0. The smallest absolute Gasteiger partial charge is 0.259 e. The molecule has 0 radical (unpaired) electrons. The van der Waals surface area contributed by atoms with Gasteiger partial charge >= 0.3 is 0 Å². The Morgan fingerprint density at radius 1 is 1.38 bits per heavy atom. The first-order valence-corrected chi connectivity index (χ1v) is 7.27. The summed E-state index contributed by atoms with van der Waals surface area (Å²) in [6.07, 6.45) is 1.48. The minimum Gasteiger partial charge on any atom is -0.319 e. The zero-order valence-corrected chi connectivity index (χ0v) is 13.5. The number of carbonyl (C=O) groups excluding carboxylic acids is 1. The molecule has 0 atom stereocenters. The molecule has 0 bridgehead atoms. The van der Waals surface area contributed by atoms with Crippen LogP contribution < -0.4 is 5.32 Å². The molecule has 2 rings (SSSR count). The number of halogens is 2. The third kappa shape index (κ3) is 3.64. The van der Waals surface area contributed by atoms with Gasteiger partial charge in [0, 0.05) is 16.6 Å². The maximum atomic E-state index is 13.7. The van der Waals surface area contributed by atoms with Gasteiger partial charge < -0.3 is 5.32 Å². The Balaban J connectivity index is 2.24. The highest BCUT2D eigenvalue weighted by atomic mass is 79.9. The average Bonchev–Trinajstić information content (AvgIpc) is 2.41. The van der Waals surface area contributed by atoms with Crippen LogP contribution in [0.15, 0.2) is 28.9 Å². The van der Waals surface area contributed by atoms with Crippen LogP contribution in [0.5, 0.6) is 0 Å². The number of anilines is 1. The van der Waals surface area contributed by atoms with Crippen LogP contribution in [0.3, 0.4) is 0 Å². The highest BCUT2D eigenvalue weighted by Crippen LogP contribution is 2.20. The molecule has 0 aliphatic rings. The van der Waals surface area contributed by atoms with Crippen molar-refractivity contribution in [1.82, 2.24) is 9.97 Å². The minimum atomic E-state index is -0.505. The lowest BCUT2D eigenvalue weighted by Crippen LogP contribution is -2.16. The van der Waals surface area contributed by atoms with Gasteiger partial charge in [0.2, 0.25) is 0 Å². The molecule has 4 nitrogen and oxygen atoms in total. The Kier molecular flexibility index (Phi) is 4.67. The van der Waals surface area contributed by atoms with E-state index >= 15 is 0 Å². The number of nitrogens with zero attached hydrogens (tertiary/aromatic N) is 2. The summed E-state index contributed by atoms with van der Waals surface area (Å²) in [4.78, 5) is 20.6. The molecule has 6 heteroatoms. The second-order valence-electron chi connectivity index (χ2n) is 4.96. The molecule has 0 spiro atoms. The monoisotopic (exact) mass is 351 g/mol. The van der Waals surface area contributed by atoms with E-state index in [-0.39, 0.29) is 11.6 Å². The van der Waals surface area contributed by atoms with E-state index in [1.54, 1.807) is 13.0 Å². The van der Waals surface area contributed by atoms with E-state index in [1.807, 2.05) is 13.8 Å². The zero-order chi connectivity index (χ0) is 15.6. The molecule has 2 aromatic rings. The van der Waals surface area contributed by atoms with E-state index in [2.05, 4.69) is 31.2 Å². The maximum Gasteiger partial charge on any atom is 0.259 e.